The molecular weight excluding hydrogens is 200 g/mol. The van der Waals surface area contributed by atoms with E-state index in [2.05, 4.69) is 39.8 Å². The van der Waals surface area contributed by atoms with Gasteiger partial charge in [0.05, 0.1) is 7.11 Å². The Kier molecular flexibility index (Phi) is 5.79. The molecule has 0 heterocycles. The average Bonchev–Trinajstić information content (AvgIpc) is 2.17. The molecule has 1 aromatic rings. The number of aryl methyl sites for hydroxylation is 1. The zero-order valence-corrected chi connectivity index (χ0v) is 11.1. The molecule has 0 aliphatic carbocycles. The van der Waals surface area contributed by atoms with Gasteiger partial charge in [0.15, 0.2) is 0 Å². The minimum Gasteiger partial charge on any atom is -0.496 e. The van der Waals surface area contributed by atoms with Crippen LogP contribution in [0.15, 0.2) is 18.2 Å². The average molecular weight is 222 g/mol. The van der Waals surface area contributed by atoms with Crippen LogP contribution in [0.4, 0.5) is 0 Å². The van der Waals surface area contributed by atoms with E-state index in [1.165, 1.54) is 18.1 Å². The van der Waals surface area contributed by atoms with Crippen LogP contribution in [-0.4, -0.2) is 13.4 Å². The highest BCUT2D eigenvalue weighted by molar-refractivity contribution is 5.44. The normalized spacial score (nSPS) is 10.1. The van der Waals surface area contributed by atoms with E-state index in [0.717, 1.165) is 12.0 Å². The SMILES string of the molecule is CC=O.COc1ccc(C(C)(C)C)cc1C. The molecule has 0 spiro atoms. The monoisotopic (exact) mass is 222 g/mol. The Hall–Kier alpha value is -1.31. The number of aldehydes is 1. The molecule has 0 fully saturated rings. The number of hydrogen-bond acceptors (Lipinski definition) is 2. The van der Waals surface area contributed by atoms with E-state index in [4.69, 9.17) is 9.53 Å². The quantitative estimate of drug-likeness (QED) is 0.680. The minimum atomic E-state index is 0.219. The molecule has 1 rings (SSSR count). The van der Waals surface area contributed by atoms with E-state index < -0.39 is 0 Å². The van der Waals surface area contributed by atoms with E-state index >= 15 is 0 Å². The lowest BCUT2D eigenvalue weighted by atomic mass is 9.86. The summed E-state index contributed by atoms with van der Waals surface area (Å²) in [5.74, 6) is 0.966. The standard InChI is InChI=1S/C12H18O.C2H4O/c1-9-8-10(12(2,3)4)6-7-11(9)13-5;1-2-3/h6-8H,1-5H3;2H,1H3. The Morgan fingerprint density at radius 3 is 2.06 bits per heavy atom. The van der Waals surface area contributed by atoms with Crippen LogP contribution >= 0.6 is 0 Å². The van der Waals surface area contributed by atoms with Gasteiger partial charge in [-0.3, -0.25) is 0 Å². The van der Waals surface area contributed by atoms with Crippen molar-refractivity contribution >= 4 is 6.29 Å². The van der Waals surface area contributed by atoms with E-state index in [9.17, 15) is 0 Å². The third-order valence-electron chi connectivity index (χ3n) is 2.26. The molecule has 2 nitrogen and oxygen atoms in total. The maximum absolute atomic E-state index is 8.81. The van der Waals surface area contributed by atoms with Gasteiger partial charge in [-0.25, -0.2) is 0 Å². The van der Waals surface area contributed by atoms with Gasteiger partial charge in [0.1, 0.15) is 12.0 Å². The molecule has 0 N–H and O–H groups in total. The molecule has 0 aliphatic rings. The van der Waals surface area contributed by atoms with Gasteiger partial charge in [0.2, 0.25) is 0 Å². The number of rotatable bonds is 1. The lowest BCUT2D eigenvalue weighted by Crippen LogP contribution is -2.11. The van der Waals surface area contributed by atoms with Gasteiger partial charge in [-0.15, -0.1) is 0 Å². The van der Waals surface area contributed by atoms with Crippen LogP contribution in [0.25, 0.3) is 0 Å². The molecule has 90 valence electrons. The molecule has 0 saturated carbocycles. The van der Waals surface area contributed by atoms with Crippen LogP contribution < -0.4 is 4.74 Å². The van der Waals surface area contributed by atoms with Gasteiger partial charge >= 0.3 is 0 Å². The number of hydrogen-bond donors (Lipinski definition) is 0. The second-order valence-electron chi connectivity index (χ2n) is 4.67. The molecule has 16 heavy (non-hydrogen) atoms. The Bertz CT molecular complexity index is 335. The summed E-state index contributed by atoms with van der Waals surface area (Å²) in [6.07, 6.45) is 0.750. The number of ether oxygens (including phenoxy) is 1. The fourth-order valence-electron chi connectivity index (χ4n) is 1.34. The summed E-state index contributed by atoms with van der Waals surface area (Å²) < 4.78 is 5.21. The van der Waals surface area contributed by atoms with Crippen molar-refractivity contribution in [2.45, 2.75) is 40.0 Å². The maximum atomic E-state index is 8.81. The van der Waals surface area contributed by atoms with Crippen molar-refractivity contribution in [1.82, 2.24) is 0 Å². The fourth-order valence-corrected chi connectivity index (χ4v) is 1.34. The first-order valence-electron chi connectivity index (χ1n) is 5.41. The Balaban J connectivity index is 0.000000673. The zero-order valence-electron chi connectivity index (χ0n) is 11.1. The second-order valence-corrected chi connectivity index (χ2v) is 4.67. The van der Waals surface area contributed by atoms with Gasteiger partial charge in [-0.2, -0.15) is 0 Å². The molecule has 0 saturated heterocycles. The van der Waals surface area contributed by atoms with Crippen LogP contribution in [-0.2, 0) is 10.2 Å². The van der Waals surface area contributed by atoms with Gasteiger partial charge < -0.3 is 9.53 Å². The number of carbonyl (C=O) groups is 1. The van der Waals surface area contributed by atoms with Crippen molar-refractivity contribution in [3.63, 3.8) is 0 Å². The van der Waals surface area contributed by atoms with E-state index in [1.807, 2.05) is 6.07 Å². The van der Waals surface area contributed by atoms with Crippen LogP contribution in [0.5, 0.6) is 5.75 Å². The van der Waals surface area contributed by atoms with Gasteiger partial charge in [0.25, 0.3) is 0 Å². The topological polar surface area (TPSA) is 26.3 Å². The fraction of sp³-hybridized carbons (Fsp3) is 0.500. The van der Waals surface area contributed by atoms with Crippen LogP contribution in [0.3, 0.4) is 0 Å². The first kappa shape index (κ1) is 14.7. The van der Waals surface area contributed by atoms with E-state index in [1.54, 1.807) is 7.11 Å². The van der Waals surface area contributed by atoms with E-state index in [-0.39, 0.29) is 5.41 Å². The van der Waals surface area contributed by atoms with Crippen molar-refractivity contribution in [3.8, 4) is 5.75 Å². The summed E-state index contributed by atoms with van der Waals surface area (Å²) in [5.41, 5.74) is 2.78. The highest BCUT2D eigenvalue weighted by atomic mass is 16.5. The maximum Gasteiger partial charge on any atom is 0.121 e. The minimum absolute atomic E-state index is 0.219. The van der Waals surface area contributed by atoms with Crippen molar-refractivity contribution in [3.05, 3.63) is 29.3 Å². The Morgan fingerprint density at radius 2 is 1.75 bits per heavy atom. The summed E-state index contributed by atoms with van der Waals surface area (Å²) in [6, 6.07) is 6.36. The first-order valence-corrected chi connectivity index (χ1v) is 5.41. The molecule has 0 aromatic heterocycles. The second kappa shape index (κ2) is 6.31. The van der Waals surface area contributed by atoms with Crippen LogP contribution in [0.1, 0.15) is 38.8 Å². The lowest BCUT2D eigenvalue weighted by molar-refractivity contribution is -0.106. The molecule has 0 unspecified atom stereocenters. The summed E-state index contributed by atoms with van der Waals surface area (Å²) in [4.78, 5) is 8.81. The Morgan fingerprint density at radius 1 is 1.25 bits per heavy atom. The summed E-state index contributed by atoms with van der Waals surface area (Å²) in [6.45, 7) is 10.2. The highest BCUT2D eigenvalue weighted by Gasteiger charge is 2.14. The zero-order chi connectivity index (χ0) is 12.8. The first-order chi connectivity index (χ1) is 7.36. The molecule has 0 aliphatic heterocycles. The van der Waals surface area contributed by atoms with Gasteiger partial charge in [-0.1, -0.05) is 32.9 Å². The summed E-state index contributed by atoms with van der Waals surface area (Å²) in [5, 5.41) is 0. The van der Waals surface area contributed by atoms with Crippen molar-refractivity contribution < 1.29 is 9.53 Å². The van der Waals surface area contributed by atoms with Gasteiger partial charge in [-0.05, 0) is 36.5 Å². The number of carbonyl (C=O) groups excluding carboxylic acids is 1. The predicted octanol–water partition coefficient (Wildman–Crippen LogP) is 3.51. The third-order valence-corrected chi connectivity index (χ3v) is 2.26. The van der Waals surface area contributed by atoms with E-state index in [0.29, 0.717) is 0 Å². The summed E-state index contributed by atoms with van der Waals surface area (Å²) >= 11 is 0. The largest absolute Gasteiger partial charge is 0.496 e. The molecule has 1 aromatic carbocycles. The molecule has 0 radical (unpaired) electrons. The van der Waals surface area contributed by atoms with Crippen LogP contribution in [0.2, 0.25) is 0 Å². The molecular formula is C14H22O2. The molecule has 2 heteroatoms. The highest BCUT2D eigenvalue weighted by Crippen LogP contribution is 2.27. The Labute approximate surface area is 98.6 Å². The molecule has 0 amide bonds. The molecule has 0 bridgehead atoms. The molecule has 0 atom stereocenters. The van der Waals surface area contributed by atoms with Crippen LogP contribution in [0, 0.1) is 6.92 Å². The van der Waals surface area contributed by atoms with Gasteiger partial charge in [0, 0.05) is 0 Å². The van der Waals surface area contributed by atoms with Crippen molar-refractivity contribution in [1.29, 1.82) is 0 Å². The predicted molar refractivity (Wildman–Crippen MR) is 68.2 cm³/mol. The smallest absolute Gasteiger partial charge is 0.121 e. The number of methoxy groups -OCH3 is 1. The van der Waals surface area contributed by atoms with Crippen molar-refractivity contribution in [2.24, 2.45) is 0 Å². The summed E-state index contributed by atoms with van der Waals surface area (Å²) in [7, 11) is 1.71. The van der Waals surface area contributed by atoms with Crippen molar-refractivity contribution in [2.75, 3.05) is 7.11 Å². The number of benzene rings is 1. The third kappa shape index (κ3) is 4.47. The lowest BCUT2D eigenvalue weighted by Gasteiger charge is -2.20.